The number of carbonyl (C=O) groups is 3. The van der Waals surface area contributed by atoms with Crippen LogP contribution in [0.5, 0.6) is 0 Å². The summed E-state index contributed by atoms with van der Waals surface area (Å²) in [5.41, 5.74) is 0.515. The Morgan fingerprint density at radius 1 is 0.535 bits per heavy atom. The number of carbonyl (C=O) groups excluding carboxylic acids is 3. The minimum Gasteiger partial charge on any atom is -1.00 e. The molecule has 9 nitrogen and oxygen atoms in total. The molecular formula is C30H71Cl2K2N2O7-3. The van der Waals surface area contributed by atoms with Crippen LogP contribution < -0.4 is 125 Å². The van der Waals surface area contributed by atoms with Crippen LogP contribution in [0, 0.1) is 0 Å². The normalized spacial score (nSPS) is 6.51. The molecule has 0 aromatic carbocycles. The predicted molar refractivity (Wildman–Crippen MR) is 176 cm³/mol. The number of carboxylic acid groups (broad SMARTS) is 2. The molecule has 0 radical (unpaired) electrons. The summed E-state index contributed by atoms with van der Waals surface area (Å²) >= 11 is 4.87. The van der Waals surface area contributed by atoms with Crippen LogP contribution in [0.25, 0.3) is 0 Å². The minimum atomic E-state index is -1.19. The maximum Gasteiger partial charge on any atom is 1.00 e. The van der Waals surface area contributed by atoms with Crippen molar-refractivity contribution in [2.45, 2.75) is 107 Å². The van der Waals surface area contributed by atoms with Crippen molar-refractivity contribution in [2.24, 2.45) is 0 Å². The number of allylic oxidation sites excluding steroid dienone is 1. The first-order valence-electron chi connectivity index (χ1n) is 10.7. The van der Waals surface area contributed by atoms with Crippen molar-refractivity contribution in [1.82, 2.24) is 9.80 Å². The van der Waals surface area contributed by atoms with Crippen molar-refractivity contribution >= 4 is 28.8 Å². The summed E-state index contributed by atoms with van der Waals surface area (Å²) in [6, 6.07) is 0. The van der Waals surface area contributed by atoms with E-state index < -0.39 is 17.2 Å². The molecule has 0 atom stereocenters. The van der Waals surface area contributed by atoms with Gasteiger partial charge in [-0.15, -0.1) is 0 Å². The van der Waals surface area contributed by atoms with E-state index in [-0.39, 0.29) is 182 Å². The molecule has 0 fully saturated rings. The van der Waals surface area contributed by atoms with Gasteiger partial charge >= 0.3 is 103 Å². The van der Waals surface area contributed by atoms with Crippen molar-refractivity contribution < 1.29 is 151 Å². The summed E-state index contributed by atoms with van der Waals surface area (Å²) in [6.45, 7) is 34.0. The second kappa shape index (κ2) is 79.2. The van der Waals surface area contributed by atoms with Crippen LogP contribution in [0.1, 0.15) is 107 Å². The largest absolute Gasteiger partial charge is 1.00 e. The number of nitrogens with zero attached hydrogens (tertiary/aromatic N) is 2. The van der Waals surface area contributed by atoms with Gasteiger partial charge in [-0.1, -0.05) is 106 Å². The molecule has 0 aliphatic carbocycles. The molecule has 0 amide bonds. The summed E-state index contributed by atoms with van der Waals surface area (Å²) in [5.74, 6) is -2.37. The molecule has 0 aliphatic heterocycles. The predicted octanol–water partition coefficient (Wildman–Crippen LogP) is -2.88. The second-order valence-electron chi connectivity index (χ2n) is 6.43. The minimum absolute atomic E-state index is 0. The van der Waals surface area contributed by atoms with Gasteiger partial charge in [0, 0.05) is 5.57 Å². The fourth-order valence-corrected chi connectivity index (χ4v) is 1.34. The standard InChI is InChI=1S/2C6H15N.C4H5ClO.2C4H6O2.6CH4.ClH.2K.2H2O/c2*1-4-7(5-2)6-3;3*1-3(2)4(5)6;;;;;;;;;;;/h2*4-6H2,1-3H3;1H2,2H3;2*1H2,2H3,(H,5,6);6*1H4;1H;;;2*1H2/q;;;;;;;;;;;;2*+1;;/p-5. The molecule has 262 valence electrons. The molecule has 0 aromatic rings. The summed E-state index contributed by atoms with van der Waals surface area (Å²) in [4.78, 5) is 33.5. The Morgan fingerprint density at radius 2 is 0.628 bits per heavy atom. The van der Waals surface area contributed by atoms with Gasteiger partial charge in [0.2, 0.25) is 5.24 Å². The first kappa shape index (κ1) is 104. The maximum atomic E-state index is 9.81. The molecule has 0 rings (SSSR count). The SMILES string of the molecule is C.C.C.C.C.C.C=C(C)C(=O)Cl.C=C(C)C(=O)[O-].C=C(C)C(=O)[O-].CCN(CC)CC.CCN(CC)CC.[Cl-].[K+].[K+].[OH-].[OH-]. The smallest absolute Gasteiger partial charge is 1.00 e. The Morgan fingerprint density at radius 3 is 0.628 bits per heavy atom. The van der Waals surface area contributed by atoms with E-state index in [0.29, 0.717) is 5.57 Å². The average molecular weight is 721 g/mol. The zero-order chi connectivity index (χ0) is 26.9. The Kier molecular flexibility index (Phi) is 191. The van der Waals surface area contributed by atoms with E-state index in [1.54, 1.807) is 6.92 Å². The first-order chi connectivity index (χ1) is 14.6. The number of rotatable bonds is 9. The van der Waals surface area contributed by atoms with Gasteiger partial charge in [-0.2, -0.15) is 0 Å². The zero-order valence-corrected chi connectivity index (χ0v) is 32.7. The fraction of sp³-hybridized carbons (Fsp3) is 0.700. The van der Waals surface area contributed by atoms with E-state index in [1.807, 2.05) is 0 Å². The number of hydrogen-bond donors (Lipinski definition) is 0. The van der Waals surface area contributed by atoms with Gasteiger partial charge in [0.1, 0.15) is 0 Å². The van der Waals surface area contributed by atoms with E-state index in [2.05, 4.69) is 71.1 Å². The van der Waals surface area contributed by atoms with Crippen LogP contribution in [0.4, 0.5) is 0 Å². The van der Waals surface area contributed by atoms with Gasteiger partial charge in [-0.25, -0.2) is 0 Å². The van der Waals surface area contributed by atoms with Crippen molar-refractivity contribution in [3.63, 3.8) is 0 Å². The van der Waals surface area contributed by atoms with Crippen LogP contribution >= 0.6 is 11.6 Å². The summed E-state index contributed by atoms with van der Waals surface area (Å²) in [7, 11) is 0. The van der Waals surface area contributed by atoms with Gasteiger partial charge in [0.05, 0.1) is 11.9 Å². The van der Waals surface area contributed by atoms with E-state index in [9.17, 15) is 24.6 Å². The number of aliphatic carboxylic acids is 2. The molecule has 0 spiro atoms. The Bertz CT molecular complexity index is 449. The molecule has 13 heteroatoms. The Hall–Kier alpha value is 1.52. The van der Waals surface area contributed by atoms with E-state index in [1.165, 1.54) is 53.1 Å². The van der Waals surface area contributed by atoms with Crippen LogP contribution in [-0.2, 0) is 14.4 Å². The van der Waals surface area contributed by atoms with Crippen LogP contribution in [0.15, 0.2) is 36.5 Å². The third-order valence-corrected chi connectivity index (χ3v) is 4.04. The third kappa shape index (κ3) is 115. The first-order valence-corrected chi connectivity index (χ1v) is 11.0. The van der Waals surface area contributed by atoms with Gasteiger partial charge < -0.3 is 53.0 Å². The summed E-state index contributed by atoms with van der Waals surface area (Å²) < 4.78 is 0. The molecule has 0 bridgehead atoms. The zero-order valence-electron chi connectivity index (χ0n) is 24.9. The van der Waals surface area contributed by atoms with E-state index >= 15 is 0 Å². The van der Waals surface area contributed by atoms with E-state index in [0.717, 1.165) is 0 Å². The van der Waals surface area contributed by atoms with Crippen molar-refractivity contribution in [3.8, 4) is 0 Å². The molecule has 0 saturated heterocycles. The van der Waals surface area contributed by atoms with Gasteiger partial charge in [-0.3, -0.25) is 4.79 Å². The quantitative estimate of drug-likeness (QED) is 0.138. The van der Waals surface area contributed by atoms with Gasteiger partial charge in [-0.05, 0) is 82.8 Å². The summed E-state index contributed by atoms with van der Waals surface area (Å²) in [5, 5.41) is 18.5. The maximum absolute atomic E-state index is 9.81. The second-order valence-corrected chi connectivity index (χ2v) is 6.77. The Labute approximate surface area is 366 Å². The molecule has 2 N–H and O–H groups in total. The summed E-state index contributed by atoms with van der Waals surface area (Å²) in [6.07, 6.45) is 0. The molecule has 0 unspecified atom stereocenters. The monoisotopic (exact) mass is 719 g/mol. The topological polar surface area (TPSA) is 164 Å². The van der Waals surface area contributed by atoms with Crippen molar-refractivity contribution in [3.05, 3.63) is 36.5 Å². The molecule has 43 heavy (non-hydrogen) atoms. The Balaban J connectivity index is -0.0000000142. The molecule has 0 heterocycles. The number of halogens is 2. The molecule has 0 aliphatic rings. The van der Waals surface area contributed by atoms with Gasteiger partial charge in [0.15, 0.2) is 0 Å². The van der Waals surface area contributed by atoms with Crippen molar-refractivity contribution in [1.29, 1.82) is 0 Å². The molecular weight excluding hydrogens is 649 g/mol. The number of carboxylic acids is 2. The van der Waals surface area contributed by atoms with Gasteiger partial charge in [0.25, 0.3) is 0 Å². The van der Waals surface area contributed by atoms with Crippen molar-refractivity contribution in [2.75, 3.05) is 39.3 Å². The average Bonchev–Trinajstić information content (AvgIpc) is 2.72. The van der Waals surface area contributed by atoms with Crippen LogP contribution in [0.2, 0.25) is 0 Å². The van der Waals surface area contributed by atoms with E-state index in [4.69, 9.17) is 11.6 Å². The molecule has 0 aromatic heterocycles. The molecule has 0 saturated carbocycles. The fourth-order valence-electron chi connectivity index (χ4n) is 1.34. The number of hydrogen-bond acceptors (Lipinski definition) is 9. The van der Waals surface area contributed by atoms with Crippen LogP contribution in [0.3, 0.4) is 0 Å². The third-order valence-electron chi connectivity index (χ3n) is 3.72. The van der Waals surface area contributed by atoms with Crippen LogP contribution in [-0.4, -0.2) is 77.2 Å².